The fraction of sp³-hybridized carbons (Fsp3) is 0.118. The van der Waals surface area contributed by atoms with Crippen molar-refractivity contribution in [3.63, 3.8) is 0 Å². The Balaban J connectivity index is 1.76. The zero-order chi connectivity index (χ0) is 16.9. The Hall–Kier alpha value is -2.93. The van der Waals surface area contributed by atoms with Gasteiger partial charge in [0, 0.05) is 10.4 Å². The molecule has 24 heavy (non-hydrogen) atoms. The standard InChI is InChI=1S/C17H16N4O2S/c1-11(16-8-5-9-24-16)18-21-17(22)14-10-13(19-20-14)12-6-3-4-7-15(12)23-2/h3-10H,1-2H3,(H,19,20)(H,21,22). The summed E-state index contributed by atoms with van der Waals surface area (Å²) in [5, 5.41) is 13.0. The number of hydrogen-bond acceptors (Lipinski definition) is 5. The molecule has 0 radical (unpaired) electrons. The van der Waals surface area contributed by atoms with Gasteiger partial charge >= 0.3 is 0 Å². The molecule has 2 aromatic heterocycles. The van der Waals surface area contributed by atoms with Crippen LogP contribution in [0.15, 0.2) is 52.9 Å². The number of aromatic amines is 1. The predicted octanol–water partition coefficient (Wildman–Crippen LogP) is 3.30. The highest BCUT2D eigenvalue weighted by Crippen LogP contribution is 2.28. The van der Waals surface area contributed by atoms with Crippen molar-refractivity contribution in [3.05, 3.63) is 58.4 Å². The molecule has 6 nitrogen and oxygen atoms in total. The SMILES string of the molecule is COc1ccccc1-c1cc(C(=O)NN=C(C)c2cccs2)[nH]n1. The van der Waals surface area contributed by atoms with Gasteiger partial charge in [-0.3, -0.25) is 9.89 Å². The molecular formula is C17H16N4O2S. The van der Waals surface area contributed by atoms with Gasteiger partial charge in [-0.25, -0.2) is 5.43 Å². The van der Waals surface area contributed by atoms with Crippen LogP contribution in [-0.4, -0.2) is 28.9 Å². The van der Waals surface area contributed by atoms with Crippen LogP contribution in [0.2, 0.25) is 0 Å². The molecule has 1 amide bonds. The molecule has 1 aromatic carbocycles. The number of methoxy groups -OCH3 is 1. The molecule has 0 spiro atoms. The van der Waals surface area contributed by atoms with Gasteiger partial charge in [-0.05, 0) is 36.6 Å². The highest BCUT2D eigenvalue weighted by Gasteiger charge is 2.13. The summed E-state index contributed by atoms with van der Waals surface area (Å²) >= 11 is 1.57. The van der Waals surface area contributed by atoms with Crippen LogP contribution in [0.5, 0.6) is 5.75 Å². The fourth-order valence-corrected chi connectivity index (χ4v) is 2.84. The topological polar surface area (TPSA) is 79.4 Å². The summed E-state index contributed by atoms with van der Waals surface area (Å²) in [6.45, 7) is 1.85. The van der Waals surface area contributed by atoms with Crippen LogP contribution >= 0.6 is 11.3 Å². The van der Waals surface area contributed by atoms with Crippen LogP contribution in [-0.2, 0) is 0 Å². The van der Waals surface area contributed by atoms with Crippen molar-refractivity contribution < 1.29 is 9.53 Å². The zero-order valence-corrected chi connectivity index (χ0v) is 14.1. The highest BCUT2D eigenvalue weighted by molar-refractivity contribution is 7.12. The Kier molecular flexibility index (Phi) is 4.72. The Morgan fingerprint density at radius 1 is 1.29 bits per heavy atom. The minimum atomic E-state index is -0.348. The number of para-hydroxylation sites is 1. The molecular weight excluding hydrogens is 324 g/mol. The highest BCUT2D eigenvalue weighted by atomic mass is 32.1. The first-order valence-corrected chi connectivity index (χ1v) is 8.14. The number of hydrazone groups is 1. The largest absolute Gasteiger partial charge is 0.496 e. The first-order chi connectivity index (χ1) is 11.7. The second-order valence-corrected chi connectivity index (χ2v) is 5.93. The van der Waals surface area contributed by atoms with Gasteiger partial charge in [0.2, 0.25) is 0 Å². The Morgan fingerprint density at radius 2 is 2.12 bits per heavy atom. The molecule has 0 unspecified atom stereocenters. The minimum absolute atomic E-state index is 0.332. The van der Waals surface area contributed by atoms with Crippen LogP contribution in [0.1, 0.15) is 22.3 Å². The number of ether oxygens (including phenoxy) is 1. The average Bonchev–Trinajstić information content (AvgIpc) is 3.30. The first-order valence-electron chi connectivity index (χ1n) is 7.26. The predicted molar refractivity (Wildman–Crippen MR) is 94.6 cm³/mol. The van der Waals surface area contributed by atoms with Gasteiger partial charge in [-0.1, -0.05) is 18.2 Å². The molecule has 0 aliphatic carbocycles. The zero-order valence-electron chi connectivity index (χ0n) is 13.2. The number of carbonyl (C=O) groups is 1. The van der Waals surface area contributed by atoms with Crippen molar-refractivity contribution in [2.75, 3.05) is 7.11 Å². The summed E-state index contributed by atoms with van der Waals surface area (Å²) in [4.78, 5) is 13.2. The molecule has 0 saturated heterocycles. The molecule has 0 atom stereocenters. The molecule has 2 N–H and O–H groups in total. The second-order valence-electron chi connectivity index (χ2n) is 4.98. The van der Waals surface area contributed by atoms with E-state index in [1.165, 1.54) is 0 Å². The molecule has 3 rings (SSSR count). The van der Waals surface area contributed by atoms with E-state index in [-0.39, 0.29) is 5.91 Å². The van der Waals surface area contributed by atoms with Crippen molar-refractivity contribution in [2.24, 2.45) is 5.10 Å². The molecule has 0 saturated carbocycles. The Labute approximate surface area is 143 Å². The van der Waals surface area contributed by atoms with E-state index in [9.17, 15) is 4.79 Å². The van der Waals surface area contributed by atoms with Crippen LogP contribution in [0.25, 0.3) is 11.3 Å². The third-order valence-electron chi connectivity index (χ3n) is 3.41. The number of nitrogens with zero attached hydrogens (tertiary/aromatic N) is 2. The number of nitrogens with one attached hydrogen (secondary N) is 2. The van der Waals surface area contributed by atoms with Gasteiger partial charge in [0.05, 0.1) is 18.5 Å². The van der Waals surface area contributed by atoms with E-state index in [4.69, 9.17) is 4.74 Å². The van der Waals surface area contributed by atoms with Gasteiger partial charge in [-0.15, -0.1) is 11.3 Å². The third kappa shape index (κ3) is 3.36. The molecule has 3 aromatic rings. The van der Waals surface area contributed by atoms with Crippen molar-refractivity contribution in [2.45, 2.75) is 6.92 Å². The monoisotopic (exact) mass is 340 g/mol. The molecule has 2 heterocycles. The average molecular weight is 340 g/mol. The lowest BCUT2D eigenvalue weighted by molar-refractivity contribution is 0.0950. The Morgan fingerprint density at radius 3 is 2.88 bits per heavy atom. The van der Waals surface area contributed by atoms with E-state index in [2.05, 4.69) is 20.7 Å². The molecule has 7 heteroatoms. The summed E-state index contributed by atoms with van der Waals surface area (Å²) in [6, 6.07) is 13.1. The van der Waals surface area contributed by atoms with Gasteiger partial charge < -0.3 is 4.74 Å². The fourth-order valence-electron chi connectivity index (χ4n) is 2.17. The lowest BCUT2D eigenvalue weighted by Crippen LogP contribution is -2.19. The van der Waals surface area contributed by atoms with Crippen molar-refractivity contribution >= 4 is 23.0 Å². The summed E-state index contributed by atoms with van der Waals surface area (Å²) in [7, 11) is 1.60. The third-order valence-corrected chi connectivity index (χ3v) is 4.39. The number of aromatic nitrogens is 2. The number of benzene rings is 1. The Bertz CT molecular complexity index is 868. The first kappa shape index (κ1) is 15.9. The normalized spacial score (nSPS) is 11.3. The van der Waals surface area contributed by atoms with E-state index in [0.29, 0.717) is 17.1 Å². The minimum Gasteiger partial charge on any atom is -0.496 e. The van der Waals surface area contributed by atoms with E-state index in [1.54, 1.807) is 24.5 Å². The van der Waals surface area contributed by atoms with E-state index in [1.807, 2.05) is 48.7 Å². The lowest BCUT2D eigenvalue weighted by atomic mass is 10.1. The number of hydrogen-bond donors (Lipinski definition) is 2. The smallest absolute Gasteiger partial charge is 0.289 e. The van der Waals surface area contributed by atoms with E-state index in [0.717, 1.165) is 16.2 Å². The molecule has 0 aliphatic rings. The molecule has 0 bridgehead atoms. The molecule has 0 fully saturated rings. The van der Waals surface area contributed by atoms with Crippen molar-refractivity contribution in [3.8, 4) is 17.0 Å². The van der Waals surface area contributed by atoms with Crippen LogP contribution in [0.4, 0.5) is 0 Å². The van der Waals surface area contributed by atoms with Crippen LogP contribution in [0, 0.1) is 0 Å². The maximum atomic E-state index is 12.2. The summed E-state index contributed by atoms with van der Waals surface area (Å²) < 4.78 is 5.31. The van der Waals surface area contributed by atoms with E-state index < -0.39 is 0 Å². The number of carbonyl (C=O) groups excluding carboxylic acids is 1. The lowest BCUT2D eigenvalue weighted by Gasteiger charge is -2.04. The summed E-state index contributed by atoms with van der Waals surface area (Å²) in [5.41, 5.74) is 5.07. The quantitative estimate of drug-likeness (QED) is 0.552. The summed E-state index contributed by atoms with van der Waals surface area (Å²) in [6.07, 6.45) is 0. The van der Waals surface area contributed by atoms with Gasteiger partial charge in [-0.2, -0.15) is 10.2 Å². The van der Waals surface area contributed by atoms with Gasteiger partial charge in [0.1, 0.15) is 11.4 Å². The van der Waals surface area contributed by atoms with E-state index >= 15 is 0 Å². The van der Waals surface area contributed by atoms with Crippen LogP contribution in [0.3, 0.4) is 0 Å². The number of amides is 1. The van der Waals surface area contributed by atoms with Gasteiger partial charge in [0.25, 0.3) is 5.91 Å². The molecule has 0 aliphatic heterocycles. The van der Waals surface area contributed by atoms with Crippen LogP contribution < -0.4 is 10.2 Å². The maximum Gasteiger partial charge on any atom is 0.289 e. The second kappa shape index (κ2) is 7.10. The number of rotatable bonds is 5. The van der Waals surface area contributed by atoms with Gasteiger partial charge in [0.15, 0.2) is 0 Å². The maximum absolute atomic E-state index is 12.2. The summed E-state index contributed by atoms with van der Waals surface area (Å²) in [5.74, 6) is 0.349. The number of thiophene rings is 1. The number of H-pyrrole nitrogens is 1. The van der Waals surface area contributed by atoms with Crippen molar-refractivity contribution in [1.82, 2.24) is 15.6 Å². The molecule has 122 valence electrons. The van der Waals surface area contributed by atoms with Crippen molar-refractivity contribution in [1.29, 1.82) is 0 Å².